The van der Waals surface area contributed by atoms with Gasteiger partial charge in [0.1, 0.15) is 0 Å². The molecule has 0 heterocycles. The molecule has 0 aliphatic carbocycles. The van der Waals surface area contributed by atoms with E-state index in [0.717, 1.165) is 27.7 Å². The van der Waals surface area contributed by atoms with Crippen LogP contribution in [0.2, 0.25) is 0 Å². The quantitative estimate of drug-likeness (QED) is 0.533. The molecule has 0 aromatic carbocycles. The van der Waals surface area contributed by atoms with Crippen molar-refractivity contribution >= 4 is 23.9 Å². The van der Waals surface area contributed by atoms with E-state index in [0.29, 0.717) is 10.5 Å². The van der Waals surface area contributed by atoms with E-state index in [2.05, 4.69) is 19.4 Å². The van der Waals surface area contributed by atoms with E-state index >= 15 is 0 Å². The van der Waals surface area contributed by atoms with Crippen LogP contribution in [0.4, 0.5) is 0 Å². The molecule has 0 fully saturated rings. The van der Waals surface area contributed by atoms with Gasteiger partial charge in [0.2, 0.25) is 0 Å². The Balaban J connectivity index is 0. The van der Waals surface area contributed by atoms with Crippen LogP contribution in [0.15, 0.2) is 0 Å². The van der Waals surface area contributed by atoms with Gasteiger partial charge in [-0.15, -0.1) is 0 Å². The van der Waals surface area contributed by atoms with Gasteiger partial charge in [0.05, 0.1) is 13.1 Å². The molecule has 0 saturated carbocycles. The van der Waals surface area contributed by atoms with Gasteiger partial charge in [-0.3, -0.25) is 19.2 Å². The van der Waals surface area contributed by atoms with Gasteiger partial charge < -0.3 is 19.4 Å². The van der Waals surface area contributed by atoms with Crippen molar-refractivity contribution in [3.8, 4) is 0 Å². The number of rotatable bonds is 7. The molecule has 0 radical (unpaired) electrons. The molecule has 0 aromatic heterocycles. The first-order valence-electron chi connectivity index (χ1n) is 5.50. The first-order chi connectivity index (χ1) is 9.20. The number of carbonyl (C=O) groups is 4. The maximum Gasteiger partial charge on any atom is 0.326 e. The van der Waals surface area contributed by atoms with E-state index in [1.807, 2.05) is 0 Å². The van der Waals surface area contributed by atoms with Crippen LogP contribution in [0.25, 0.3) is 0 Å². The molecule has 11 heteroatoms. The van der Waals surface area contributed by atoms with Crippen LogP contribution in [0.5, 0.6) is 0 Å². The Morgan fingerprint density at radius 1 is 0.619 bits per heavy atom. The number of hydrogen-bond acceptors (Lipinski definition) is 10. The minimum atomic E-state index is -0.724. The third-order valence-electron chi connectivity index (χ3n) is 1.39. The van der Waals surface area contributed by atoms with Gasteiger partial charge in [-0.1, -0.05) is 0 Å². The summed E-state index contributed by atoms with van der Waals surface area (Å²) in [5.74, 6) is -2.90. The minimum Gasteiger partial charge on any atom is -0.333 e. The number of hydrogen-bond donors (Lipinski definition) is 0. The van der Waals surface area contributed by atoms with Crippen molar-refractivity contribution in [3.05, 3.63) is 0 Å². The van der Waals surface area contributed by atoms with E-state index in [-0.39, 0.29) is 39.3 Å². The Hall–Kier alpha value is -1.32. The number of carbonyl (C=O) groups excluding carboxylic acids is 4. The van der Waals surface area contributed by atoms with Gasteiger partial charge in [0.15, 0.2) is 0 Å². The standard InChI is InChI=1S/C10H16N2O8.Zr/c1-7(13)17-11(18-8(2)14)5-6-12(19-9(3)15)20-10(4)16;/h5-6H2,1-4H3;. The third-order valence-corrected chi connectivity index (χ3v) is 1.39. The average molecular weight is 383 g/mol. The fourth-order valence-electron chi connectivity index (χ4n) is 0.957. The first-order valence-corrected chi connectivity index (χ1v) is 5.50. The number of hydroxylamine groups is 4. The molecule has 0 bridgehead atoms. The van der Waals surface area contributed by atoms with Crippen molar-refractivity contribution in [3.63, 3.8) is 0 Å². The largest absolute Gasteiger partial charge is 0.333 e. The van der Waals surface area contributed by atoms with Gasteiger partial charge >= 0.3 is 23.9 Å². The average Bonchev–Trinajstić information content (AvgIpc) is 2.22. The molecular formula is C10H16N2O8Zr. The normalized spacial score (nSPS) is 9.62. The van der Waals surface area contributed by atoms with Crippen molar-refractivity contribution in [2.45, 2.75) is 27.7 Å². The van der Waals surface area contributed by atoms with E-state index in [1.165, 1.54) is 0 Å². The molecule has 0 N–H and O–H groups in total. The van der Waals surface area contributed by atoms with Crippen LogP contribution in [-0.2, 0) is 64.7 Å². The predicted molar refractivity (Wildman–Crippen MR) is 60.5 cm³/mol. The Morgan fingerprint density at radius 2 is 0.810 bits per heavy atom. The zero-order chi connectivity index (χ0) is 15.7. The van der Waals surface area contributed by atoms with Crippen LogP contribution in [0, 0.1) is 0 Å². The molecule has 0 unspecified atom stereocenters. The molecule has 10 nitrogen and oxygen atoms in total. The van der Waals surface area contributed by atoms with Crippen molar-refractivity contribution in [2.75, 3.05) is 13.1 Å². The van der Waals surface area contributed by atoms with Crippen LogP contribution >= 0.6 is 0 Å². The molecule has 0 aliphatic heterocycles. The molecule has 0 aromatic rings. The summed E-state index contributed by atoms with van der Waals surface area (Å²) in [5.41, 5.74) is 0. The molecule has 0 saturated heterocycles. The summed E-state index contributed by atoms with van der Waals surface area (Å²) in [6.45, 7) is 3.97. The minimum absolute atomic E-state index is 0. The number of nitrogens with zero attached hydrogens (tertiary/aromatic N) is 2. The van der Waals surface area contributed by atoms with Crippen LogP contribution < -0.4 is 0 Å². The van der Waals surface area contributed by atoms with Crippen molar-refractivity contribution in [1.29, 1.82) is 0 Å². The molecule has 21 heavy (non-hydrogen) atoms. The van der Waals surface area contributed by atoms with Gasteiger partial charge in [-0.2, -0.15) is 0 Å². The molecule has 0 spiro atoms. The van der Waals surface area contributed by atoms with Crippen molar-refractivity contribution in [2.24, 2.45) is 0 Å². The summed E-state index contributed by atoms with van der Waals surface area (Å²) in [5, 5.41) is 1.15. The topological polar surface area (TPSA) is 112 Å². The second kappa shape index (κ2) is 11.4. The maximum absolute atomic E-state index is 10.8. The van der Waals surface area contributed by atoms with Crippen LogP contribution in [0.3, 0.4) is 0 Å². The Bertz CT molecular complexity index is 321. The third kappa shape index (κ3) is 13.4. The van der Waals surface area contributed by atoms with Crippen LogP contribution in [0.1, 0.15) is 27.7 Å². The van der Waals surface area contributed by atoms with E-state index < -0.39 is 23.9 Å². The summed E-state index contributed by atoms with van der Waals surface area (Å²) in [6.07, 6.45) is 0. The Labute approximate surface area is 140 Å². The summed E-state index contributed by atoms with van der Waals surface area (Å²) in [7, 11) is 0. The van der Waals surface area contributed by atoms with Crippen LogP contribution in [-0.4, -0.2) is 47.4 Å². The predicted octanol–water partition coefficient (Wildman–Crippen LogP) is -0.500. The zero-order valence-electron chi connectivity index (χ0n) is 12.1. The molecule has 118 valence electrons. The summed E-state index contributed by atoms with van der Waals surface area (Å²) in [6, 6.07) is 0. The summed E-state index contributed by atoms with van der Waals surface area (Å²) in [4.78, 5) is 61.4. The Morgan fingerprint density at radius 3 is 0.952 bits per heavy atom. The zero-order valence-corrected chi connectivity index (χ0v) is 14.5. The molecular weight excluding hydrogens is 367 g/mol. The Kier molecular flexibility index (Phi) is 11.9. The molecule has 0 amide bonds. The van der Waals surface area contributed by atoms with E-state index in [9.17, 15) is 19.2 Å². The summed E-state index contributed by atoms with van der Waals surface area (Å²) < 4.78 is 0. The fraction of sp³-hybridized carbons (Fsp3) is 0.600. The summed E-state index contributed by atoms with van der Waals surface area (Å²) >= 11 is 0. The van der Waals surface area contributed by atoms with Gasteiger partial charge in [-0.05, 0) is 0 Å². The SMILES string of the molecule is CC(=O)ON(CCN(OC(C)=O)OC(C)=O)OC(C)=O.[Zr]. The monoisotopic (exact) mass is 382 g/mol. The fourth-order valence-corrected chi connectivity index (χ4v) is 0.957. The smallest absolute Gasteiger partial charge is 0.326 e. The maximum atomic E-state index is 10.8. The van der Waals surface area contributed by atoms with Crippen molar-refractivity contribution in [1.82, 2.24) is 10.5 Å². The van der Waals surface area contributed by atoms with E-state index in [4.69, 9.17) is 0 Å². The molecule has 0 aliphatic rings. The van der Waals surface area contributed by atoms with E-state index in [1.54, 1.807) is 0 Å². The second-order valence-corrected chi connectivity index (χ2v) is 3.44. The van der Waals surface area contributed by atoms with Gasteiger partial charge in [-0.25, -0.2) is 0 Å². The van der Waals surface area contributed by atoms with Gasteiger partial charge in [0, 0.05) is 64.4 Å². The molecule has 0 atom stereocenters. The van der Waals surface area contributed by atoms with Gasteiger partial charge in [0.25, 0.3) is 0 Å². The second-order valence-electron chi connectivity index (χ2n) is 3.44. The van der Waals surface area contributed by atoms with Crippen molar-refractivity contribution < 1.29 is 64.7 Å². The first kappa shape index (κ1) is 22.0. The molecule has 0 rings (SSSR count).